The molecule has 4 nitrogen and oxygen atoms in total. The molecular formula is C18H27BrN4. The van der Waals surface area contributed by atoms with Crippen LogP contribution in [-0.4, -0.2) is 50.1 Å². The van der Waals surface area contributed by atoms with Crippen molar-refractivity contribution in [3.8, 4) is 0 Å². The third kappa shape index (κ3) is 4.40. The first-order valence-electron chi connectivity index (χ1n) is 8.80. The number of nitrogens with zero attached hydrogens (tertiary/aromatic N) is 3. The highest BCUT2D eigenvalue weighted by molar-refractivity contribution is 9.10. The van der Waals surface area contributed by atoms with Gasteiger partial charge in [-0.3, -0.25) is 4.99 Å². The van der Waals surface area contributed by atoms with Gasteiger partial charge in [-0.05, 0) is 56.4 Å². The molecule has 1 aromatic carbocycles. The number of anilines is 1. The lowest BCUT2D eigenvalue weighted by atomic mass is 10.1. The van der Waals surface area contributed by atoms with Gasteiger partial charge in [-0.2, -0.15) is 0 Å². The van der Waals surface area contributed by atoms with E-state index in [-0.39, 0.29) is 0 Å². The maximum Gasteiger partial charge on any atom is 0.193 e. The number of nitrogens with one attached hydrogen (secondary N) is 1. The average Bonchev–Trinajstić information content (AvgIpc) is 3.24. The highest BCUT2D eigenvalue weighted by Gasteiger charge is 2.23. The number of rotatable bonds is 4. The molecule has 1 aromatic rings. The van der Waals surface area contributed by atoms with Crippen LogP contribution in [0.25, 0.3) is 0 Å². The van der Waals surface area contributed by atoms with Crippen LogP contribution in [0.5, 0.6) is 0 Å². The van der Waals surface area contributed by atoms with Crippen molar-refractivity contribution >= 4 is 27.6 Å². The predicted octanol–water partition coefficient (Wildman–Crippen LogP) is 3.34. The van der Waals surface area contributed by atoms with Gasteiger partial charge >= 0.3 is 0 Å². The van der Waals surface area contributed by atoms with E-state index in [1.54, 1.807) is 0 Å². The molecule has 5 heteroatoms. The van der Waals surface area contributed by atoms with Crippen LogP contribution < -0.4 is 10.2 Å². The van der Waals surface area contributed by atoms with Crippen LogP contribution in [0.2, 0.25) is 0 Å². The third-order valence-corrected chi connectivity index (χ3v) is 5.25. The van der Waals surface area contributed by atoms with Gasteiger partial charge in [0.1, 0.15) is 0 Å². The van der Waals surface area contributed by atoms with Gasteiger partial charge in [0.15, 0.2) is 5.96 Å². The normalized spacial score (nSPS) is 22.0. The zero-order valence-corrected chi connectivity index (χ0v) is 15.6. The summed E-state index contributed by atoms with van der Waals surface area (Å²) in [5.74, 6) is 1.78. The lowest BCUT2D eigenvalue weighted by molar-refractivity contribution is 0.488. The van der Waals surface area contributed by atoms with Crippen LogP contribution in [0.3, 0.4) is 0 Å². The average molecular weight is 379 g/mol. The Labute approximate surface area is 148 Å². The molecule has 1 atom stereocenters. The van der Waals surface area contributed by atoms with Gasteiger partial charge in [0.25, 0.3) is 0 Å². The number of aliphatic imine (C=N–C) groups is 1. The third-order valence-electron chi connectivity index (χ3n) is 4.72. The van der Waals surface area contributed by atoms with Gasteiger partial charge in [0, 0.05) is 49.4 Å². The van der Waals surface area contributed by atoms with E-state index in [1.807, 2.05) is 0 Å². The molecule has 0 aliphatic carbocycles. The highest BCUT2D eigenvalue weighted by atomic mass is 79.9. The predicted molar refractivity (Wildman–Crippen MR) is 101 cm³/mol. The van der Waals surface area contributed by atoms with Crippen molar-refractivity contribution in [3.05, 3.63) is 28.7 Å². The Morgan fingerprint density at radius 1 is 1.22 bits per heavy atom. The molecule has 3 rings (SSSR count). The summed E-state index contributed by atoms with van der Waals surface area (Å²) in [6.45, 7) is 8.60. The number of benzene rings is 1. The van der Waals surface area contributed by atoms with E-state index in [2.05, 4.69) is 62.2 Å². The fourth-order valence-corrected chi connectivity index (χ4v) is 3.70. The van der Waals surface area contributed by atoms with Crippen molar-refractivity contribution in [1.29, 1.82) is 0 Å². The van der Waals surface area contributed by atoms with Crippen molar-refractivity contribution in [2.45, 2.75) is 26.2 Å². The first-order valence-corrected chi connectivity index (χ1v) is 9.59. The number of halogens is 1. The monoisotopic (exact) mass is 378 g/mol. The van der Waals surface area contributed by atoms with Crippen molar-refractivity contribution < 1.29 is 0 Å². The molecule has 1 unspecified atom stereocenters. The lowest BCUT2D eigenvalue weighted by Gasteiger charge is -2.21. The zero-order valence-electron chi connectivity index (χ0n) is 14.0. The second-order valence-electron chi connectivity index (χ2n) is 6.47. The zero-order chi connectivity index (χ0) is 16.1. The van der Waals surface area contributed by atoms with Crippen LogP contribution in [0.4, 0.5) is 5.69 Å². The molecule has 126 valence electrons. The first-order chi connectivity index (χ1) is 11.3. The summed E-state index contributed by atoms with van der Waals surface area (Å²) < 4.78 is 1.14. The van der Waals surface area contributed by atoms with E-state index in [0.717, 1.165) is 49.7 Å². The van der Waals surface area contributed by atoms with Gasteiger partial charge in [0.2, 0.25) is 0 Å². The summed E-state index contributed by atoms with van der Waals surface area (Å²) in [6, 6.07) is 8.64. The van der Waals surface area contributed by atoms with E-state index in [4.69, 9.17) is 4.99 Å². The molecule has 0 radical (unpaired) electrons. The Balaban J connectivity index is 1.56. The van der Waals surface area contributed by atoms with Crippen molar-refractivity contribution in [3.63, 3.8) is 0 Å². The summed E-state index contributed by atoms with van der Waals surface area (Å²) in [6.07, 6.45) is 3.83. The molecule has 0 amide bonds. The molecule has 2 heterocycles. The molecule has 1 N–H and O–H groups in total. The number of hydrogen-bond donors (Lipinski definition) is 1. The van der Waals surface area contributed by atoms with Gasteiger partial charge in [0.05, 0.1) is 0 Å². The minimum Gasteiger partial charge on any atom is -0.371 e. The fraction of sp³-hybridized carbons (Fsp3) is 0.611. The minimum absolute atomic E-state index is 0.662. The van der Waals surface area contributed by atoms with E-state index in [9.17, 15) is 0 Å². The SMILES string of the molecule is CCNC(=NCC1CCN(c2ccc(Br)cc2)C1)N1CCCC1. The Morgan fingerprint density at radius 2 is 1.96 bits per heavy atom. The maximum atomic E-state index is 4.92. The summed E-state index contributed by atoms with van der Waals surface area (Å²) in [7, 11) is 0. The smallest absolute Gasteiger partial charge is 0.193 e. The first kappa shape index (κ1) is 16.6. The molecule has 2 fully saturated rings. The van der Waals surface area contributed by atoms with Crippen molar-refractivity contribution in [1.82, 2.24) is 10.2 Å². The summed E-state index contributed by atoms with van der Waals surface area (Å²) in [5, 5.41) is 3.45. The molecule has 2 aliphatic rings. The van der Waals surface area contributed by atoms with Gasteiger partial charge in [-0.1, -0.05) is 15.9 Å². The number of likely N-dealkylation sites (tertiary alicyclic amines) is 1. The molecule has 23 heavy (non-hydrogen) atoms. The van der Waals surface area contributed by atoms with E-state index in [0.29, 0.717) is 5.92 Å². The Bertz CT molecular complexity index is 522. The summed E-state index contributed by atoms with van der Waals surface area (Å²) in [5.41, 5.74) is 1.33. The maximum absolute atomic E-state index is 4.92. The van der Waals surface area contributed by atoms with Crippen molar-refractivity contribution in [2.24, 2.45) is 10.9 Å². The quantitative estimate of drug-likeness (QED) is 0.643. The fourth-order valence-electron chi connectivity index (χ4n) is 3.44. The Morgan fingerprint density at radius 3 is 2.65 bits per heavy atom. The van der Waals surface area contributed by atoms with Gasteiger partial charge in [-0.15, -0.1) is 0 Å². The largest absolute Gasteiger partial charge is 0.371 e. The van der Waals surface area contributed by atoms with E-state index < -0.39 is 0 Å². The molecule has 0 bridgehead atoms. The molecule has 2 aliphatic heterocycles. The molecule has 2 saturated heterocycles. The highest BCUT2D eigenvalue weighted by Crippen LogP contribution is 2.25. The van der Waals surface area contributed by atoms with Crippen molar-refractivity contribution in [2.75, 3.05) is 44.2 Å². The molecule has 0 saturated carbocycles. The summed E-state index contributed by atoms with van der Waals surface area (Å²) >= 11 is 3.51. The number of guanidine groups is 1. The van der Waals surface area contributed by atoms with Crippen LogP contribution >= 0.6 is 15.9 Å². The van der Waals surface area contributed by atoms with Crippen LogP contribution in [-0.2, 0) is 0 Å². The van der Waals surface area contributed by atoms with Crippen LogP contribution in [0.1, 0.15) is 26.2 Å². The second-order valence-corrected chi connectivity index (χ2v) is 7.38. The standard InChI is InChI=1S/C18H27BrN4/c1-2-20-18(22-10-3-4-11-22)21-13-15-9-12-23(14-15)17-7-5-16(19)6-8-17/h5-8,15H,2-4,9-14H2,1H3,(H,20,21). The Kier molecular flexibility index (Phi) is 5.81. The van der Waals surface area contributed by atoms with E-state index in [1.165, 1.54) is 24.9 Å². The molecular weight excluding hydrogens is 352 g/mol. The lowest BCUT2D eigenvalue weighted by Crippen LogP contribution is -2.40. The second kappa shape index (κ2) is 8.04. The Hall–Kier alpha value is -1.23. The van der Waals surface area contributed by atoms with E-state index >= 15 is 0 Å². The van der Waals surface area contributed by atoms with Gasteiger partial charge < -0.3 is 15.1 Å². The molecule has 0 spiro atoms. The van der Waals surface area contributed by atoms with Gasteiger partial charge in [-0.25, -0.2) is 0 Å². The van der Waals surface area contributed by atoms with Crippen LogP contribution in [0.15, 0.2) is 33.7 Å². The van der Waals surface area contributed by atoms with Crippen LogP contribution in [0, 0.1) is 5.92 Å². The number of hydrogen-bond acceptors (Lipinski definition) is 2. The minimum atomic E-state index is 0.662. The topological polar surface area (TPSA) is 30.9 Å². The summed E-state index contributed by atoms with van der Waals surface area (Å²) in [4.78, 5) is 9.81. The molecule has 0 aromatic heterocycles.